The lowest BCUT2D eigenvalue weighted by atomic mass is 10.2. The molecule has 0 spiro atoms. The van der Waals surface area contributed by atoms with Gasteiger partial charge in [-0.15, -0.1) is 0 Å². The molecule has 2 N–H and O–H groups in total. The summed E-state index contributed by atoms with van der Waals surface area (Å²) in [4.78, 5) is 22.9. The summed E-state index contributed by atoms with van der Waals surface area (Å²) in [6.45, 7) is 1.54. The van der Waals surface area contributed by atoms with E-state index >= 15 is 0 Å². The molecule has 2 rings (SSSR count). The zero-order chi connectivity index (χ0) is 14.9. The molecule has 1 aliphatic rings. The number of amides is 1. The molecule has 5 nitrogen and oxygen atoms in total. The second-order valence-electron chi connectivity index (χ2n) is 4.71. The Kier molecular flexibility index (Phi) is 4.11. The lowest BCUT2D eigenvalue weighted by molar-refractivity contribution is -0.144. The van der Waals surface area contributed by atoms with Gasteiger partial charge in [0.15, 0.2) is 6.10 Å². The van der Waals surface area contributed by atoms with Crippen molar-refractivity contribution in [2.24, 2.45) is 0 Å². The van der Waals surface area contributed by atoms with Crippen molar-refractivity contribution < 1.29 is 19.4 Å². The first kappa shape index (κ1) is 14.9. The number of carbonyl (C=O) groups excluding carboxylic acids is 1. The van der Waals surface area contributed by atoms with Gasteiger partial charge in [0.05, 0.1) is 10.0 Å². The molecule has 1 unspecified atom stereocenters. The van der Waals surface area contributed by atoms with Gasteiger partial charge in [0.2, 0.25) is 0 Å². The van der Waals surface area contributed by atoms with Crippen LogP contribution in [0.25, 0.3) is 0 Å². The fourth-order valence-electron chi connectivity index (χ4n) is 1.66. The molecular weight excluding hydrogens is 305 g/mol. The number of nitrogens with one attached hydrogen (secondary N) is 1. The van der Waals surface area contributed by atoms with Gasteiger partial charge in [0.25, 0.3) is 5.91 Å². The van der Waals surface area contributed by atoms with Crippen molar-refractivity contribution in [2.45, 2.75) is 31.4 Å². The van der Waals surface area contributed by atoms with Gasteiger partial charge in [0, 0.05) is 6.07 Å². The van der Waals surface area contributed by atoms with E-state index in [0.29, 0.717) is 28.6 Å². The maximum Gasteiger partial charge on any atom is 0.329 e. The third kappa shape index (κ3) is 3.16. The molecule has 1 amide bonds. The van der Waals surface area contributed by atoms with Crippen molar-refractivity contribution in [1.82, 2.24) is 5.32 Å². The number of benzene rings is 1. The number of hydrogen-bond donors (Lipinski definition) is 2. The summed E-state index contributed by atoms with van der Waals surface area (Å²) in [5.74, 6) is -1.11. The van der Waals surface area contributed by atoms with Gasteiger partial charge >= 0.3 is 5.97 Å². The zero-order valence-electron chi connectivity index (χ0n) is 10.7. The fraction of sp³-hybridized carbons (Fsp3) is 0.385. The molecule has 0 heterocycles. The summed E-state index contributed by atoms with van der Waals surface area (Å²) in [6, 6.07) is 4.64. The number of rotatable bonds is 5. The van der Waals surface area contributed by atoms with E-state index in [1.165, 1.54) is 13.0 Å². The van der Waals surface area contributed by atoms with Crippen molar-refractivity contribution in [3.05, 3.63) is 28.2 Å². The molecule has 20 heavy (non-hydrogen) atoms. The predicted molar refractivity (Wildman–Crippen MR) is 74.3 cm³/mol. The topological polar surface area (TPSA) is 75.6 Å². The van der Waals surface area contributed by atoms with Crippen LogP contribution in [0, 0.1) is 0 Å². The first-order chi connectivity index (χ1) is 9.34. The lowest BCUT2D eigenvalue weighted by Crippen LogP contribution is -2.48. The average molecular weight is 318 g/mol. The minimum atomic E-state index is -1.12. The maximum absolute atomic E-state index is 11.9. The van der Waals surface area contributed by atoms with Crippen molar-refractivity contribution in [2.75, 3.05) is 0 Å². The highest BCUT2D eigenvalue weighted by Gasteiger charge is 2.52. The van der Waals surface area contributed by atoms with Gasteiger partial charge in [0.1, 0.15) is 11.3 Å². The SMILES string of the molecule is CC(Oc1ccc(Cl)c(Cl)c1)C(=O)NC1(C(=O)O)CC1. The molecule has 0 radical (unpaired) electrons. The van der Waals surface area contributed by atoms with Gasteiger partial charge in [-0.2, -0.15) is 0 Å². The van der Waals surface area contributed by atoms with Crippen LogP contribution >= 0.6 is 23.2 Å². The van der Waals surface area contributed by atoms with Gasteiger partial charge in [-0.25, -0.2) is 4.79 Å². The highest BCUT2D eigenvalue weighted by atomic mass is 35.5. The first-order valence-electron chi connectivity index (χ1n) is 6.01. The Morgan fingerprint density at radius 1 is 1.35 bits per heavy atom. The molecule has 0 aromatic heterocycles. The first-order valence-corrected chi connectivity index (χ1v) is 6.77. The molecule has 108 valence electrons. The van der Waals surface area contributed by atoms with E-state index in [-0.39, 0.29) is 0 Å². The summed E-state index contributed by atoms with van der Waals surface area (Å²) in [5, 5.41) is 12.2. The molecule has 0 bridgehead atoms. The van der Waals surface area contributed by atoms with E-state index < -0.39 is 23.5 Å². The van der Waals surface area contributed by atoms with Crippen LogP contribution < -0.4 is 10.1 Å². The Hall–Kier alpha value is -1.46. The minimum Gasteiger partial charge on any atom is -0.481 e. The third-order valence-electron chi connectivity index (χ3n) is 3.10. The quantitative estimate of drug-likeness (QED) is 0.874. The fourth-order valence-corrected chi connectivity index (χ4v) is 1.95. The van der Waals surface area contributed by atoms with Crippen LogP contribution in [-0.4, -0.2) is 28.6 Å². The maximum atomic E-state index is 11.9. The number of carbonyl (C=O) groups is 2. The van der Waals surface area contributed by atoms with Gasteiger partial charge in [-0.3, -0.25) is 4.79 Å². The Morgan fingerprint density at radius 2 is 2.00 bits per heavy atom. The van der Waals surface area contributed by atoms with Crippen LogP contribution in [-0.2, 0) is 9.59 Å². The predicted octanol–water partition coefficient (Wildman–Crippen LogP) is 2.49. The Labute approximate surface area is 125 Å². The molecule has 0 saturated heterocycles. The van der Waals surface area contributed by atoms with Crippen LogP contribution in [0.3, 0.4) is 0 Å². The second kappa shape index (κ2) is 5.50. The Morgan fingerprint density at radius 3 is 2.50 bits per heavy atom. The molecule has 1 atom stereocenters. The molecule has 1 aromatic rings. The number of carboxylic acid groups (broad SMARTS) is 1. The van der Waals surface area contributed by atoms with Crippen molar-refractivity contribution in [3.63, 3.8) is 0 Å². The van der Waals surface area contributed by atoms with Crippen LogP contribution in [0.2, 0.25) is 10.0 Å². The molecular formula is C13H13Cl2NO4. The third-order valence-corrected chi connectivity index (χ3v) is 3.83. The monoisotopic (exact) mass is 317 g/mol. The Balaban J connectivity index is 1.97. The lowest BCUT2D eigenvalue weighted by Gasteiger charge is -2.18. The molecule has 7 heteroatoms. The van der Waals surface area contributed by atoms with E-state index in [9.17, 15) is 9.59 Å². The molecule has 1 saturated carbocycles. The highest BCUT2D eigenvalue weighted by molar-refractivity contribution is 6.42. The van der Waals surface area contributed by atoms with E-state index in [0.717, 1.165) is 0 Å². The number of halogens is 2. The normalized spacial score (nSPS) is 17.1. The van der Waals surface area contributed by atoms with Gasteiger partial charge in [-0.1, -0.05) is 23.2 Å². The number of hydrogen-bond acceptors (Lipinski definition) is 3. The summed E-state index contributed by atoms with van der Waals surface area (Å²) in [5.41, 5.74) is -1.12. The summed E-state index contributed by atoms with van der Waals surface area (Å²) >= 11 is 11.6. The standard InChI is InChI=1S/C13H13Cl2NO4/c1-7(11(17)16-13(4-5-13)12(18)19)20-8-2-3-9(14)10(15)6-8/h2-3,6-7H,4-5H2,1H3,(H,16,17)(H,18,19). The number of aliphatic carboxylic acids is 1. The van der Waals surface area contributed by atoms with E-state index in [1.807, 2.05) is 0 Å². The summed E-state index contributed by atoms with van der Waals surface area (Å²) in [6.07, 6.45) is 0.0466. The van der Waals surface area contributed by atoms with E-state index in [2.05, 4.69) is 5.32 Å². The van der Waals surface area contributed by atoms with Crippen LogP contribution in [0.5, 0.6) is 5.75 Å². The molecule has 1 aliphatic carbocycles. The minimum absolute atomic E-state index is 0.320. The average Bonchev–Trinajstić information content (AvgIpc) is 3.14. The van der Waals surface area contributed by atoms with Crippen molar-refractivity contribution in [3.8, 4) is 5.75 Å². The van der Waals surface area contributed by atoms with E-state index in [4.69, 9.17) is 33.0 Å². The molecule has 1 fully saturated rings. The summed E-state index contributed by atoms with van der Waals surface area (Å²) in [7, 11) is 0. The zero-order valence-corrected chi connectivity index (χ0v) is 12.2. The van der Waals surface area contributed by atoms with Gasteiger partial charge in [-0.05, 0) is 31.9 Å². The highest BCUT2D eigenvalue weighted by Crippen LogP contribution is 2.35. The van der Waals surface area contributed by atoms with Crippen LogP contribution in [0.1, 0.15) is 19.8 Å². The van der Waals surface area contributed by atoms with Gasteiger partial charge < -0.3 is 15.2 Å². The van der Waals surface area contributed by atoms with Crippen LogP contribution in [0.15, 0.2) is 18.2 Å². The summed E-state index contributed by atoms with van der Waals surface area (Å²) < 4.78 is 5.42. The van der Waals surface area contributed by atoms with Crippen LogP contribution in [0.4, 0.5) is 0 Å². The molecule has 1 aromatic carbocycles. The van der Waals surface area contributed by atoms with E-state index in [1.54, 1.807) is 12.1 Å². The number of ether oxygens (including phenoxy) is 1. The smallest absolute Gasteiger partial charge is 0.329 e. The second-order valence-corrected chi connectivity index (χ2v) is 5.53. The largest absolute Gasteiger partial charge is 0.481 e. The molecule has 0 aliphatic heterocycles. The van der Waals surface area contributed by atoms with Crippen molar-refractivity contribution in [1.29, 1.82) is 0 Å². The Bertz CT molecular complexity index is 557. The number of carboxylic acids is 1. The van der Waals surface area contributed by atoms with Crippen molar-refractivity contribution >= 4 is 35.1 Å².